The summed E-state index contributed by atoms with van der Waals surface area (Å²) in [5.41, 5.74) is 4.01. The zero-order valence-electron chi connectivity index (χ0n) is 19.5. The maximum Gasteiger partial charge on any atom is 0.229 e. The highest BCUT2D eigenvalue weighted by Gasteiger charge is 2.18. The van der Waals surface area contributed by atoms with Crippen molar-refractivity contribution < 1.29 is 4.57 Å². The fourth-order valence-corrected chi connectivity index (χ4v) is 5.16. The summed E-state index contributed by atoms with van der Waals surface area (Å²) in [4.78, 5) is 13.7. The lowest BCUT2D eigenvalue weighted by atomic mass is 10.1. The van der Waals surface area contributed by atoms with Gasteiger partial charge in [0, 0.05) is 42.9 Å². The van der Waals surface area contributed by atoms with Gasteiger partial charge < -0.3 is 25.0 Å². The summed E-state index contributed by atoms with van der Waals surface area (Å²) in [5, 5.41) is 7.69. The third-order valence-electron chi connectivity index (χ3n) is 5.81. The Labute approximate surface area is 200 Å². The van der Waals surface area contributed by atoms with E-state index in [2.05, 4.69) is 62.6 Å². The molecule has 0 aliphatic carbocycles. The van der Waals surface area contributed by atoms with Crippen LogP contribution in [0.5, 0.6) is 0 Å². The Bertz CT molecular complexity index is 1190. The summed E-state index contributed by atoms with van der Waals surface area (Å²) in [6.07, 6.45) is 1.56. The van der Waals surface area contributed by atoms with Gasteiger partial charge in [-0.3, -0.25) is 0 Å². The molecule has 0 amide bonds. The summed E-state index contributed by atoms with van der Waals surface area (Å²) in [7, 11) is -0.313. The van der Waals surface area contributed by atoms with E-state index in [1.54, 1.807) is 19.5 Å². The average Bonchev–Trinajstić information content (AvgIpc) is 2.77. The Morgan fingerprint density at radius 1 is 1.00 bits per heavy atom. The molecule has 0 bridgehead atoms. The van der Waals surface area contributed by atoms with E-state index in [0.717, 1.165) is 48.4 Å². The normalized spacial score (nSPS) is 14.9. The molecule has 2 N–H and O–H groups in total. The second kappa shape index (κ2) is 9.72. The van der Waals surface area contributed by atoms with Gasteiger partial charge >= 0.3 is 0 Å². The molecule has 3 aromatic rings. The van der Waals surface area contributed by atoms with Crippen LogP contribution in [-0.4, -0.2) is 61.4 Å². The predicted molar refractivity (Wildman–Crippen MR) is 140 cm³/mol. The number of piperazine rings is 1. The highest BCUT2D eigenvalue weighted by Crippen LogP contribution is 2.38. The number of halogens is 1. The Balaban J connectivity index is 1.54. The molecule has 33 heavy (non-hydrogen) atoms. The monoisotopic (exact) mass is 484 g/mol. The van der Waals surface area contributed by atoms with E-state index >= 15 is 0 Å². The van der Waals surface area contributed by atoms with E-state index in [1.807, 2.05) is 24.3 Å². The van der Waals surface area contributed by atoms with Crippen molar-refractivity contribution in [3.63, 3.8) is 0 Å². The molecule has 0 atom stereocenters. The number of benzene rings is 2. The lowest BCUT2D eigenvalue weighted by Gasteiger charge is -2.34. The quantitative estimate of drug-likeness (QED) is 0.481. The van der Waals surface area contributed by atoms with Gasteiger partial charge in [0.25, 0.3) is 0 Å². The van der Waals surface area contributed by atoms with Gasteiger partial charge in [-0.25, -0.2) is 4.98 Å². The molecule has 1 aliphatic rings. The van der Waals surface area contributed by atoms with Crippen LogP contribution in [0.15, 0.2) is 48.7 Å². The third kappa shape index (κ3) is 5.67. The number of hydrogen-bond acceptors (Lipinski definition) is 7. The standard InChI is InChI=1S/C24H30ClN6OP/c1-17-15-18(31-13-11-30(2)12-14-31)9-10-20(17)28-24-26-16-19(25)23(29-24)27-21-7-5-6-8-22(21)33(3,4)32/h5-10,15-16H,11-14H2,1-4H3,(H2,26,27,28,29). The third-order valence-corrected chi connectivity index (χ3v) is 7.63. The first-order valence-electron chi connectivity index (χ1n) is 11.0. The van der Waals surface area contributed by atoms with E-state index < -0.39 is 7.14 Å². The minimum absolute atomic E-state index is 0.388. The van der Waals surface area contributed by atoms with Gasteiger partial charge in [0.2, 0.25) is 5.95 Å². The van der Waals surface area contributed by atoms with Crippen LogP contribution in [-0.2, 0) is 4.57 Å². The predicted octanol–water partition coefficient (Wildman–Crippen LogP) is 4.93. The molecule has 7 nitrogen and oxygen atoms in total. The van der Waals surface area contributed by atoms with Gasteiger partial charge in [-0.05, 0) is 63.2 Å². The Morgan fingerprint density at radius 3 is 2.42 bits per heavy atom. The Hall–Kier alpha value is -2.60. The van der Waals surface area contributed by atoms with Crippen molar-refractivity contribution in [1.29, 1.82) is 0 Å². The number of aromatic nitrogens is 2. The summed E-state index contributed by atoms with van der Waals surface area (Å²) in [6.45, 7) is 9.77. The van der Waals surface area contributed by atoms with E-state index in [1.165, 1.54) is 5.69 Å². The molecule has 2 aromatic carbocycles. The number of aryl methyl sites for hydroxylation is 1. The number of hydrogen-bond donors (Lipinski definition) is 2. The molecule has 0 spiro atoms. The molecule has 2 heterocycles. The lowest BCUT2D eigenvalue weighted by molar-refractivity contribution is 0.313. The van der Waals surface area contributed by atoms with Gasteiger partial charge in [-0.2, -0.15) is 4.98 Å². The number of nitrogens with one attached hydrogen (secondary N) is 2. The molecule has 4 rings (SSSR count). The van der Waals surface area contributed by atoms with Crippen LogP contribution in [0.2, 0.25) is 5.02 Å². The van der Waals surface area contributed by atoms with Crippen LogP contribution >= 0.6 is 18.7 Å². The number of rotatable bonds is 6. The van der Waals surface area contributed by atoms with E-state index in [-0.39, 0.29) is 0 Å². The molecule has 174 valence electrons. The average molecular weight is 485 g/mol. The minimum Gasteiger partial charge on any atom is -0.369 e. The summed E-state index contributed by atoms with van der Waals surface area (Å²) in [6, 6.07) is 13.9. The maximum atomic E-state index is 12.7. The zero-order chi connectivity index (χ0) is 23.6. The number of para-hydroxylation sites is 1. The fourth-order valence-electron chi connectivity index (χ4n) is 3.86. The summed E-state index contributed by atoms with van der Waals surface area (Å²) < 4.78 is 12.7. The molecule has 1 fully saturated rings. The molecule has 1 aromatic heterocycles. The molecular weight excluding hydrogens is 455 g/mol. The van der Waals surface area contributed by atoms with Crippen molar-refractivity contribution in [2.45, 2.75) is 6.92 Å². The van der Waals surface area contributed by atoms with Gasteiger partial charge in [0.05, 0.1) is 11.9 Å². The van der Waals surface area contributed by atoms with Crippen molar-refractivity contribution >= 4 is 52.9 Å². The summed E-state index contributed by atoms with van der Waals surface area (Å²) in [5.74, 6) is 0.896. The Morgan fingerprint density at radius 2 is 1.73 bits per heavy atom. The summed E-state index contributed by atoms with van der Waals surface area (Å²) >= 11 is 6.37. The molecule has 0 radical (unpaired) electrons. The lowest BCUT2D eigenvalue weighted by Crippen LogP contribution is -2.44. The van der Waals surface area contributed by atoms with E-state index in [0.29, 0.717) is 16.8 Å². The van der Waals surface area contributed by atoms with Gasteiger partial charge in [-0.1, -0.05) is 23.7 Å². The molecule has 1 saturated heterocycles. The number of nitrogens with zero attached hydrogens (tertiary/aromatic N) is 4. The van der Waals surface area contributed by atoms with Crippen molar-refractivity contribution in [1.82, 2.24) is 14.9 Å². The van der Waals surface area contributed by atoms with Crippen molar-refractivity contribution in [3.05, 3.63) is 59.2 Å². The van der Waals surface area contributed by atoms with Crippen LogP contribution in [0.4, 0.5) is 28.8 Å². The van der Waals surface area contributed by atoms with E-state index in [9.17, 15) is 4.57 Å². The molecule has 0 unspecified atom stereocenters. The largest absolute Gasteiger partial charge is 0.369 e. The van der Waals surface area contributed by atoms with Crippen LogP contribution in [0, 0.1) is 6.92 Å². The molecule has 9 heteroatoms. The van der Waals surface area contributed by atoms with Gasteiger partial charge in [0.1, 0.15) is 12.2 Å². The van der Waals surface area contributed by atoms with Crippen LogP contribution in [0.25, 0.3) is 0 Å². The van der Waals surface area contributed by atoms with Crippen molar-refractivity contribution in [2.24, 2.45) is 0 Å². The first-order valence-corrected chi connectivity index (χ1v) is 13.9. The first kappa shape index (κ1) is 23.6. The second-order valence-electron chi connectivity index (χ2n) is 8.80. The SMILES string of the molecule is Cc1cc(N2CCN(C)CC2)ccc1Nc1ncc(Cl)c(Nc2ccccc2P(C)(C)=O)n1. The number of likely N-dealkylation sites (N-methyl/N-ethyl adjacent to an activating group) is 1. The van der Waals surface area contributed by atoms with Crippen molar-refractivity contribution in [2.75, 3.05) is 62.1 Å². The highest BCUT2D eigenvalue weighted by atomic mass is 35.5. The molecule has 0 saturated carbocycles. The first-order chi connectivity index (χ1) is 15.7. The fraction of sp³-hybridized carbons (Fsp3) is 0.333. The van der Waals surface area contributed by atoms with Gasteiger partial charge in [0.15, 0.2) is 5.82 Å². The van der Waals surface area contributed by atoms with Crippen LogP contribution in [0.3, 0.4) is 0 Å². The maximum absolute atomic E-state index is 12.7. The second-order valence-corrected chi connectivity index (χ2v) is 12.4. The molecule has 1 aliphatic heterocycles. The minimum atomic E-state index is -2.47. The molecular formula is C24H30ClN6OP. The van der Waals surface area contributed by atoms with Crippen LogP contribution in [0.1, 0.15) is 5.56 Å². The van der Waals surface area contributed by atoms with Crippen LogP contribution < -0.4 is 20.8 Å². The smallest absolute Gasteiger partial charge is 0.229 e. The number of anilines is 5. The van der Waals surface area contributed by atoms with Gasteiger partial charge in [-0.15, -0.1) is 0 Å². The highest BCUT2D eigenvalue weighted by molar-refractivity contribution is 7.70. The van der Waals surface area contributed by atoms with E-state index in [4.69, 9.17) is 11.6 Å². The zero-order valence-corrected chi connectivity index (χ0v) is 21.1. The Kier molecular flexibility index (Phi) is 6.94. The van der Waals surface area contributed by atoms with Crippen molar-refractivity contribution in [3.8, 4) is 0 Å². The topological polar surface area (TPSA) is 73.4 Å².